The molecule has 5 nitrogen and oxygen atoms in total. The van der Waals surface area contributed by atoms with E-state index in [1.54, 1.807) is 7.05 Å². The summed E-state index contributed by atoms with van der Waals surface area (Å²) in [4.78, 5) is 4.22. The highest BCUT2D eigenvalue weighted by molar-refractivity contribution is 14.0. The second-order valence-corrected chi connectivity index (χ2v) is 10.6. The van der Waals surface area contributed by atoms with Gasteiger partial charge in [0.05, 0.1) is 11.5 Å². The maximum absolute atomic E-state index is 12.2. The fourth-order valence-electron chi connectivity index (χ4n) is 2.87. The van der Waals surface area contributed by atoms with Gasteiger partial charge in [-0.3, -0.25) is 4.99 Å². The van der Waals surface area contributed by atoms with Gasteiger partial charge in [0.2, 0.25) is 0 Å². The van der Waals surface area contributed by atoms with Crippen molar-refractivity contribution in [2.45, 2.75) is 36.7 Å². The lowest BCUT2D eigenvalue weighted by molar-refractivity contribution is 0.582. The summed E-state index contributed by atoms with van der Waals surface area (Å²) in [6.07, 6.45) is 3.06. The molecule has 1 aromatic rings. The van der Waals surface area contributed by atoms with Crippen LogP contribution < -0.4 is 10.6 Å². The van der Waals surface area contributed by atoms with E-state index in [0.717, 1.165) is 18.1 Å². The van der Waals surface area contributed by atoms with Crippen molar-refractivity contribution in [2.24, 2.45) is 4.99 Å². The van der Waals surface area contributed by atoms with Crippen LogP contribution in [-0.4, -0.2) is 50.8 Å². The molecule has 1 heterocycles. The average Bonchev–Trinajstić information content (AvgIpc) is 3.01. The molecule has 1 fully saturated rings. The van der Waals surface area contributed by atoms with Crippen molar-refractivity contribution in [1.82, 2.24) is 10.6 Å². The van der Waals surface area contributed by atoms with Crippen molar-refractivity contribution in [1.29, 1.82) is 0 Å². The van der Waals surface area contributed by atoms with Gasteiger partial charge in [0.1, 0.15) is 0 Å². The van der Waals surface area contributed by atoms with Gasteiger partial charge >= 0.3 is 0 Å². The molecule has 1 aromatic carbocycles. The molecular formula is C18H30IN3O2S2. The molecule has 1 unspecified atom stereocenters. The lowest BCUT2D eigenvalue weighted by atomic mass is 10.1. The molecule has 0 aromatic heterocycles. The van der Waals surface area contributed by atoms with Crippen molar-refractivity contribution in [3.63, 3.8) is 0 Å². The molecule has 148 valence electrons. The summed E-state index contributed by atoms with van der Waals surface area (Å²) in [5.74, 6) is 2.26. The fourth-order valence-corrected chi connectivity index (χ4v) is 5.54. The molecule has 1 aliphatic rings. The number of benzene rings is 1. The number of hydrogen-bond donors (Lipinski definition) is 2. The summed E-state index contributed by atoms with van der Waals surface area (Å²) >= 11 is 2.01. The van der Waals surface area contributed by atoms with Gasteiger partial charge in [-0.1, -0.05) is 30.3 Å². The summed E-state index contributed by atoms with van der Waals surface area (Å²) in [6, 6.07) is 9.33. The van der Waals surface area contributed by atoms with Gasteiger partial charge in [0, 0.05) is 24.9 Å². The van der Waals surface area contributed by atoms with Crippen LogP contribution in [0.15, 0.2) is 35.3 Å². The molecule has 2 rings (SSSR count). The number of halogens is 1. The Hall–Kier alpha value is -0.480. The molecule has 1 atom stereocenters. The van der Waals surface area contributed by atoms with Crippen LogP contribution in [0.2, 0.25) is 0 Å². The van der Waals surface area contributed by atoms with Crippen LogP contribution in [0.3, 0.4) is 0 Å². The summed E-state index contributed by atoms with van der Waals surface area (Å²) in [5, 5.41) is 6.57. The average molecular weight is 511 g/mol. The van der Waals surface area contributed by atoms with Gasteiger partial charge in [0.15, 0.2) is 15.8 Å². The van der Waals surface area contributed by atoms with Crippen LogP contribution in [0.4, 0.5) is 0 Å². The van der Waals surface area contributed by atoms with Crippen molar-refractivity contribution in [3.05, 3.63) is 35.9 Å². The number of aliphatic imine (C=N–C) groups is 1. The first-order valence-corrected chi connectivity index (χ1v) is 11.6. The molecule has 0 aliphatic carbocycles. The monoisotopic (exact) mass is 511 g/mol. The molecule has 2 N–H and O–H groups in total. The number of sulfone groups is 1. The Morgan fingerprint density at radius 3 is 2.62 bits per heavy atom. The van der Waals surface area contributed by atoms with Crippen LogP contribution in [-0.2, 0) is 15.6 Å². The van der Waals surface area contributed by atoms with Gasteiger partial charge in [-0.05, 0) is 37.5 Å². The third kappa shape index (κ3) is 8.47. The van der Waals surface area contributed by atoms with Crippen LogP contribution >= 0.6 is 35.7 Å². The Morgan fingerprint density at radius 1 is 1.27 bits per heavy atom. The van der Waals surface area contributed by atoms with E-state index in [1.807, 2.05) is 42.1 Å². The van der Waals surface area contributed by atoms with E-state index in [0.29, 0.717) is 13.0 Å². The second kappa shape index (κ2) is 11.4. The van der Waals surface area contributed by atoms with Crippen molar-refractivity contribution in [3.8, 4) is 0 Å². The van der Waals surface area contributed by atoms with Gasteiger partial charge in [0.25, 0.3) is 0 Å². The molecule has 1 saturated heterocycles. The Labute approximate surface area is 179 Å². The predicted octanol–water partition coefficient (Wildman–Crippen LogP) is 3.06. The number of nitrogens with zero attached hydrogens (tertiary/aromatic N) is 1. The zero-order chi connectivity index (χ0) is 18.2. The summed E-state index contributed by atoms with van der Waals surface area (Å²) < 4.78 is 24.6. The smallest absolute Gasteiger partial charge is 0.191 e. The number of rotatable bonds is 8. The molecular weight excluding hydrogens is 481 g/mol. The number of thioether (sulfide) groups is 1. The van der Waals surface area contributed by atoms with E-state index >= 15 is 0 Å². The highest BCUT2D eigenvalue weighted by Crippen LogP contribution is 2.36. The summed E-state index contributed by atoms with van der Waals surface area (Å²) in [6.45, 7) is 3.75. The van der Waals surface area contributed by atoms with Crippen LogP contribution in [0, 0.1) is 0 Å². The maximum Gasteiger partial charge on any atom is 0.191 e. The third-order valence-electron chi connectivity index (χ3n) is 4.31. The van der Waals surface area contributed by atoms with Crippen molar-refractivity contribution >= 4 is 51.5 Å². The molecule has 0 amide bonds. The lowest BCUT2D eigenvalue weighted by Crippen LogP contribution is -2.44. The third-order valence-corrected chi connectivity index (χ3v) is 7.53. The van der Waals surface area contributed by atoms with E-state index in [1.165, 1.54) is 18.6 Å². The van der Waals surface area contributed by atoms with E-state index in [9.17, 15) is 8.42 Å². The van der Waals surface area contributed by atoms with E-state index in [2.05, 4.69) is 22.5 Å². The minimum Gasteiger partial charge on any atom is -0.356 e. The van der Waals surface area contributed by atoms with Crippen molar-refractivity contribution < 1.29 is 8.42 Å². The summed E-state index contributed by atoms with van der Waals surface area (Å²) in [5.41, 5.74) is 0.843. The lowest BCUT2D eigenvalue weighted by Gasteiger charge is -2.24. The highest BCUT2D eigenvalue weighted by Gasteiger charge is 2.29. The molecule has 1 aliphatic heterocycles. The van der Waals surface area contributed by atoms with Crippen LogP contribution in [0.25, 0.3) is 0 Å². The Morgan fingerprint density at radius 2 is 2.00 bits per heavy atom. The van der Waals surface area contributed by atoms with E-state index in [4.69, 9.17) is 0 Å². The first-order chi connectivity index (χ1) is 11.9. The molecule has 0 radical (unpaired) electrons. The van der Waals surface area contributed by atoms with Crippen LogP contribution in [0.1, 0.15) is 31.7 Å². The number of guanidine groups is 1. The van der Waals surface area contributed by atoms with Gasteiger partial charge < -0.3 is 10.6 Å². The Bertz CT molecular complexity index is 660. The van der Waals surface area contributed by atoms with E-state index < -0.39 is 9.84 Å². The minimum atomic E-state index is -3.08. The van der Waals surface area contributed by atoms with Gasteiger partial charge in [-0.25, -0.2) is 8.42 Å². The second-order valence-electron chi connectivity index (χ2n) is 6.69. The minimum absolute atomic E-state index is 0. The quantitative estimate of drug-likeness (QED) is 0.243. The Kier molecular flexibility index (Phi) is 10.3. The Balaban J connectivity index is 0.00000338. The topological polar surface area (TPSA) is 70.6 Å². The molecule has 0 saturated carbocycles. The number of hydrogen-bond acceptors (Lipinski definition) is 4. The maximum atomic E-state index is 12.2. The molecule has 0 spiro atoms. The molecule has 8 heteroatoms. The van der Waals surface area contributed by atoms with Crippen LogP contribution in [0.5, 0.6) is 0 Å². The van der Waals surface area contributed by atoms with Gasteiger partial charge in [-0.2, -0.15) is 11.8 Å². The SMILES string of the molecule is CN=C(NCCCS(=O)(=O)Cc1ccccc1)NCC1(C)CCCS1.I. The highest BCUT2D eigenvalue weighted by atomic mass is 127. The fraction of sp³-hybridized carbons (Fsp3) is 0.611. The predicted molar refractivity (Wildman–Crippen MR) is 123 cm³/mol. The zero-order valence-electron chi connectivity index (χ0n) is 15.5. The van der Waals surface area contributed by atoms with Crippen molar-refractivity contribution in [2.75, 3.05) is 31.6 Å². The summed E-state index contributed by atoms with van der Waals surface area (Å²) in [7, 11) is -1.34. The first kappa shape index (κ1) is 23.6. The normalized spacial score (nSPS) is 20.5. The molecule has 26 heavy (non-hydrogen) atoms. The molecule has 0 bridgehead atoms. The largest absolute Gasteiger partial charge is 0.356 e. The number of nitrogens with one attached hydrogen (secondary N) is 2. The zero-order valence-corrected chi connectivity index (χ0v) is 19.5. The first-order valence-electron chi connectivity index (χ1n) is 8.75. The standard InChI is InChI=1S/C18H29N3O2S2.HI/c1-18(10-6-12-24-18)15-21-17(19-2)20-11-7-13-25(22,23)14-16-8-4-3-5-9-16;/h3-5,8-9H,6-7,10-15H2,1-2H3,(H2,19,20,21);1H. The van der Waals surface area contributed by atoms with Gasteiger partial charge in [-0.15, -0.1) is 24.0 Å². The van der Waals surface area contributed by atoms with E-state index in [-0.39, 0.29) is 40.2 Å².